The molecule has 4 aromatic rings. The number of halogens is 2. The van der Waals surface area contributed by atoms with Crippen molar-refractivity contribution >= 4 is 28.3 Å². The molecule has 0 saturated heterocycles. The first-order valence-electron chi connectivity index (χ1n) is 14.4. The summed E-state index contributed by atoms with van der Waals surface area (Å²) in [6.07, 6.45) is 6.55. The van der Waals surface area contributed by atoms with Crippen LogP contribution in [0.25, 0.3) is 16.4 Å². The fourth-order valence-electron chi connectivity index (χ4n) is 5.51. The second-order valence-electron chi connectivity index (χ2n) is 10.9. The summed E-state index contributed by atoms with van der Waals surface area (Å²) in [4.78, 5) is 16.9. The maximum atomic E-state index is 14.9. The van der Waals surface area contributed by atoms with Crippen molar-refractivity contribution in [2.24, 2.45) is 11.1 Å². The van der Waals surface area contributed by atoms with E-state index in [1.165, 1.54) is 29.5 Å². The van der Waals surface area contributed by atoms with Gasteiger partial charge in [-0.15, -0.1) is 16.5 Å². The van der Waals surface area contributed by atoms with E-state index >= 15 is 0 Å². The third-order valence-corrected chi connectivity index (χ3v) is 9.44. The smallest absolute Gasteiger partial charge is 0.357 e. The molecule has 2 aromatic heterocycles. The number of benzene rings is 2. The second kappa shape index (κ2) is 13.5. The summed E-state index contributed by atoms with van der Waals surface area (Å²) in [6, 6.07) is 9.31. The molecule has 2 saturated carbocycles. The number of ether oxygens (including phenoxy) is 1. The standard InChI is InChI=1S/C32H30F2N4O3S2.H2O/c1-2-41-31(39)27-18-42-32(36-27)38-30(21-10-11-21)24(15-20-8-14-28(43(35)40)26(34)16-20)29(37-38)23-12-13-25(33)22(17-23)9-7-19-5-3-4-6-19;/h8,12-14,16-19,21H,2-6,10-11,15H2,1H3,(H2,35,40);1H2. The van der Waals surface area contributed by atoms with Crippen LogP contribution in [-0.2, 0) is 26.4 Å². The van der Waals surface area contributed by atoms with Gasteiger partial charge in [0.1, 0.15) is 5.82 Å². The van der Waals surface area contributed by atoms with E-state index in [9.17, 15) is 17.8 Å². The molecule has 8 nitrogen and oxygen atoms in total. The van der Waals surface area contributed by atoms with Gasteiger partial charge in [0.05, 0.1) is 23.6 Å². The van der Waals surface area contributed by atoms with Gasteiger partial charge in [-0.3, -0.25) is 0 Å². The highest BCUT2D eigenvalue weighted by Crippen LogP contribution is 2.46. The van der Waals surface area contributed by atoms with Gasteiger partial charge in [0, 0.05) is 34.8 Å². The van der Waals surface area contributed by atoms with Gasteiger partial charge >= 0.3 is 5.97 Å². The number of hydrogen-bond acceptors (Lipinski definition) is 7. The lowest BCUT2D eigenvalue weighted by molar-refractivity contribution is 0.0520. The number of thiol groups is 1. The zero-order valence-electron chi connectivity index (χ0n) is 24.1. The predicted molar refractivity (Wildman–Crippen MR) is 164 cm³/mol. The first-order valence-corrected chi connectivity index (χ1v) is 16.6. The number of carbonyl (C=O) groups excluding carboxylic acids is 1. The molecule has 230 valence electrons. The van der Waals surface area contributed by atoms with Crippen LogP contribution in [-0.4, -0.2) is 32.8 Å². The minimum atomic E-state index is -2.32. The van der Waals surface area contributed by atoms with Crippen LogP contribution in [0.3, 0.4) is 0 Å². The third-order valence-electron chi connectivity index (χ3n) is 7.78. The van der Waals surface area contributed by atoms with E-state index in [-0.39, 0.29) is 34.5 Å². The molecule has 0 amide bonds. The van der Waals surface area contributed by atoms with Crippen LogP contribution in [0.15, 0.2) is 46.7 Å². The van der Waals surface area contributed by atoms with Gasteiger partial charge in [0.25, 0.3) is 0 Å². The van der Waals surface area contributed by atoms with Gasteiger partial charge in [-0.25, -0.2) is 23.2 Å². The van der Waals surface area contributed by atoms with Gasteiger partial charge in [-0.2, -0.15) is 5.10 Å². The molecule has 2 heterocycles. The lowest BCUT2D eigenvalue weighted by Crippen LogP contribution is -2.07. The minimum Gasteiger partial charge on any atom is -0.870 e. The molecular formula is C32H32F2N4O4S2. The van der Waals surface area contributed by atoms with Gasteiger partial charge in [0.15, 0.2) is 22.5 Å². The quantitative estimate of drug-likeness (QED) is 0.106. The van der Waals surface area contributed by atoms with E-state index < -0.39 is 28.6 Å². The first-order chi connectivity index (χ1) is 20.8. The number of rotatable bonds is 8. The fraction of sp³-hybridized carbons (Fsp3) is 0.344. The average molecular weight is 639 g/mol. The highest BCUT2D eigenvalue weighted by Gasteiger charge is 2.34. The van der Waals surface area contributed by atoms with Crippen LogP contribution in [0.2, 0.25) is 0 Å². The van der Waals surface area contributed by atoms with Crippen LogP contribution < -0.4 is 5.14 Å². The number of carbonyl (C=O) groups is 1. The molecule has 1 unspecified atom stereocenters. The highest BCUT2D eigenvalue weighted by atomic mass is 32.2. The largest absolute Gasteiger partial charge is 0.870 e. The Morgan fingerprint density at radius 3 is 2.59 bits per heavy atom. The van der Waals surface area contributed by atoms with Crippen LogP contribution in [0, 0.1) is 29.4 Å². The number of aromatic nitrogens is 3. The van der Waals surface area contributed by atoms with Crippen molar-refractivity contribution < 1.29 is 28.0 Å². The van der Waals surface area contributed by atoms with E-state index in [0.29, 0.717) is 33.9 Å². The zero-order chi connectivity index (χ0) is 30.1. The lowest BCUT2D eigenvalue weighted by atomic mass is 9.96. The maximum absolute atomic E-state index is 14.9. The number of esters is 1. The molecule has 2 aliphatic rings. The summed E-state index contributed by atoms with van der Waals surface area (Å²) in [5.41, 5.74) is 4.19. The maximum Gasteiger partial charge on any atom is 0.357 e. The summed E-state index contributed by atoms with van der Waals surface area (Å²) < 4.78 is 48.4. The second-order valence-corrected chi connectivity index (χ2v) is 12.8. The van der Waals surface area contributed by atoms with E-state index in [2.05, 4.69) is 16.8 Å². The van der Waals surface area contributed by atoms with E-state index in [1.807, 2.05) is 0 Å². The van der Waals surface area contributed by atoms with Crippen LogP contribution in [0.4, 0.5) is 8.78 Å². The summed E-state index contributed by atoms with van der Waals surface area (Å²) in [6.45, 7) is 1.97. The molecule has 3 N–H and O–H groups in total. The molecule has 0 bridgehead atoms. The Balaban J connectivity index is 0.00000384. The zero-order valence-corrected chi connectivity index (χ0v) is 25.8. The fourth-order valence-corrected chi connectivity index (χ4v) is 6.77. The van der Waals surface area contributed by atoms with Crippen molar-refractivity contribution in [2.45, 2.75) is 62.7 Å². The highest BCUT2D eigenvalue weighted by molar-refractivity contribution is 7.82. The lowest BCUT2D eigenvalue weighted by Gasteiger charge is -2.09. The minimum absolute atomic E-state index is 0. The van der Waals surface area contributed by atoms with Crippen molar-refractivity contribution in [2.75, 3.05) is 6.61 Å². The molecular weight excluding hydrogens is 607 g/mol. The Hall–Kier alpha value is -3.76. The van der Waals surface area contributed by atoms with Crippen LogP contribution in [0.1, 0.15) is 84.2 Å². The predicted octanol–water partition coefficient (Wildman–Crippen LogP) is 6.21. The van der Waals surface area contributed by atoms with Gasteiger partial charge in [-0.05, 0) is 68.5 Å². The number of hydrogen-bond donors (Lipinski definition) is 1. The number of nitrogens with two attached hydrogens (primary N) is 1. The molecule has 1 atom stereocenters. The van der Waals surface area contributed by atoms with Crippen LogP contribution >= 0.6 is 11.3 Å². The SMILES string of the molecule is CCOC(=O)c1csc(-n2nc(-c3ccc(F)c(C#CC4CCCC4)c3)c(Cc3ccc([SH+](N)=O)c(F)c3)c2C2CC2)n1.[OH-]. The Morgan fingerprint density at radius 2 is 1.91 bits per heavy atom. The molecule has 0 aliphatic heterocycles. The van der Waals surface area contributed by atoms with E-state index in [1.54, 1.807) is 35.2 Å². The first kappa shape index (κ1) is 31.7. The van der Waals surface area contributed by atoms with Crippen molar-refractivity contribution in [1.29, 1.82) is 0 Å². The van der Waals surface area contributed by atoms with E-state index in [4.69, 9.17) is 15.0 Å². The van der Waals surface area contributed by atoms with Gasteiger partial charge in [0.2, 0.25) is 10.0 Å². The molecule has 44 heavy (non-hydrogen) atoms. The molecule has 2 aromatic carbocycles. The van der Waals surface area contributed by atoms with Crippen molar-refractivity contribution in [3.63, 3.8) is 0 Å². The van der Waals surface area contributed by atoms with Gasteiger partial charge < -0.3 is 10.2 Å². The van der Waals surface area contributed by atoms with Gasteiger partial charge in [-0.1, -0.05) is 35.0 Å². The molecule has 6 rings (SSSR count). The normalized spacial score (nSPS) is 15.4. The third kappa shape index (κ3) is 6.66. The number of thiazole rings is 1. The molecule has 0 spiro atoms. The summed E-state index contributed by atoms with van der Waals surface area (Å²) in [5.74, 6) is 5.23. The van der Waals surface area contributed by atoms with Crippen molar-refractivity contribution in [3.8, 4) is 28.2 Å². The Kier molecular flexibility index (Phi) is 9.70. The topological polar surface area (TPSA) is 130 Å². The Bertz CT molecular complexity index is 1780. The molecule has 0 radical (unpaired) electrons. The Labute approximate surface area is 260 Å². The van der Waals surface area contributed by atoms with Crippen molar-refractivity contribution in [3.05, 3.63) is 81.5 Å². The molecule has 2 fully saturated rings. The number of nitrogens with zero attached hydrogens (tertiary/aromatic N) is 3. The monoisotopic (exact) mass is 638 g/mol. The Morgan fingerprint density at radius 1 is 1.14 bits per heavy atom. The van der Waals surface area contributed by atoms with E-state index in [0.717, 1.165) is 49.8 Å². The molecule has 12 heteroatoms. The summed E-state index contributed by atoms with van der Waals surface area (Å²) >= 11 is 1.27. The molecule has 2 aliphatic carbocycles. The summed E-state index contributed by atoms with van der Waals surface area (Å²) in [5, 5.41) is 12.6. The van der Waals surface area contributed by atoms with Crippen molar-refractivity contribution in [1.82, 2.24) is 14.8 Å². The average Bonchev–Trinajstić information content (AvgIpc) is 3.35. The summed E-state index contributed by atoms with van der Waals surface area (Å²) in [7, 11) is -2.32. The van der Waals surface area contributed by atoms with Crippen LogP contribution in [0.5, 0.6) is 0 Å².